The molecule has 2 aromatic carbocycles. The molecule has 0 bridgehead atoms. The number of nitrogens with one attached hydrogen (secondary N) is 1. The maximum Gasteiger partial charge on any atom is 0.270 e. The molecule has 8 heteroatoms. The average Bonchev–Trinajstić information content (AvgIpc) is 2.52. The Hall–Kier alpha value is -2.93. The Kier molecular flexibility index (Phi) is 5.65. The van der Waals surface area contributed by atoms with Crippen LogP contribution < -0.4 is 5.32 Å². The second-order valence-electron chi connectivity index (χ2n) is 4.42. The van der Waals surface area contributed by atoms with E-state index < -0.39 is 10.8 Å². The van der Waals surface area contributed by atoms with Gasteiger partial charge in [-0.05, 0) is 18.2 Å². The first-order chi connectivity index (χ1) is 11.0. The fraction of sp³-hybridized carbons (Fsp3) is 0.0667. The van der Waals surface area contributed by atoms with Crippen LogP contribution in [0.4, 0.5) is 11.4 Å². The zero-order valence-corrected chi connectivity index (χ0v) is 12.6. The minimum Gasteiger partial charge on any atom is -0.386 e. The summed E-state index contributed by atoms with van der Waals surface area (Å²) in [6.45, 7) is -0.294. The molecule has 0 atom stereocenters. The maximum absolute atomic E-state index is 11.6. The second-order valence-corrected chi connectivity index (χ2v) is 4.86. The number of hydrogen-bond donors (Lipinski definition) is 1. The topological polar surface area (TPSA) is 93.8 Å². The van der Waals surface area contributed by atoms with E-state index in [9.17, 15) is 14.9 Å². The standard InChI is InChI=1S/C15H12ClN3O4/c16-12-4-2-5-13(8-12)18-15(20)10-23-17-9-11-3-1-6-14(7-11)19(21)22/h1-9H,10H2,(H,18,20)/b17-9-. The van der Waals surface area contributed by atoms with Gasteiger partial charge in [-0.25, -0.2) is 0 Å². The van der Waals surface area contributed by atoms with E-state index in [0.29, 0.717) is 16.3 Å². The first kappa shape index (κ1) is 16.4. The molecular formula is C15H12ClN3O4. The highest BCUT2D eigenvalue weighted by atomic mass is 35.5. The number of oxime groups is 1. The molecule has 23 heavy (non-hydrogen) atoms. The van der Waals surface area contributed by atoms with E-state index in [2.05, 4.69) is 10.5 Å². The van der Waals surface area contributed by atoms with Crippen molar-refractivity contribution < 1.29 is 14.6 Å². The monoisotopic (exact) mass is 333 g/mol. The molecule has 0 spiro atoms. The molecular weight excluding hydrogens is 322 g/mol. The Morgan fingerprint density at radius 1 is 1.30 bits per heavy atom. The van der Waals surface area contributed by atoms with Gasteiger partial charge in [0.1, 0.15) is 0 Å². The van der Waals surface area contributed by atoms with Crippen LogP contribution in [0.5, 0.6) is 0 Å². The van der Waals surface area contributed by atoms with Gasteiger partial charge in [-0.2, -0.15) is 0 Å². The van der Waals surface area contributed by atoms with Crippen LogP contribution in [-0.4, -0.2) is 23.7 Å². The van der Waals surface area contributed by atoms with Gasteiger partial charge in [0.2, 0.25) is 0 Å². The number of nitrogens with zero attached hydrogens (tertiary/aromatic N) is 2. The molecule has 0 saturated carbocycles. The van der Waals surface area contributed by atoms with Gasteiger partial charge in [0.15, 0.2) is 6.61 Å². The zero-order valence-electron chi connectivity index (χ0n) is 11.8. The minimum atomic E-state index is -0.503. The number of anilines is 1. The summed E-state index contributed by atoms with van der Waals surface area (Å²) < 4.78 is 0. The Morgan fingerprint density at radius 2 is 2.09 bits per heavy atom. The Morgan fingerprint density at radius 3 is 2.83 bits per heavy atom. The number of amides is 1. The van der Waals surface area contributed by atoms with Crippen LogP contribution >= 0.6 is 11.6 Å². The van der Waals surface area contributed by atoms with Crippen LogP contribution in [0.25, 0.3) is 0 Å². The third kappa shape index (κ3) is 5.40. The van der Waals surface area contributed by atoms with Crippen molar-refractivity contribution in [1.29, 1.82) is 0 Å². The first-order valence-electron chi connectivity index (χ1n) is 6.50. The summed E-state index contributed by atoms with van der Waals surface area (Å²) in [5.74, 6) is -0.400. The molecule has 118 valence electrons. The predicted molar refractivity (Wildman–Crippen MR) is 86.7 cm³/mol. The molecule has 0 aliphatic carbocycles. The summed E-state index contributed by atoms with van der Waals surface area (Å²) in [4.78, 5) is 26.6. The van der Waals surface area contributed by atoms with E-state index in [1.165, 1.54) is 24.4 Å². The van der Waals surface area contributed by atoms with Gasteiger partial charge < -0.3 is 10.2 Å². The quantitative estimate of drug-likeness (QED) is 0.499. The van der Waals surface area contributed by atoms with Crippen molar-refractivity contribution in [1.82, 2.24) is 0 Å². The minimum absolute atomic E-state index is 0.0485. The van der Waals surface area contributed by atoms with Gasteiger partial charge in [-0.15, -0.1) is 0 Å². The number of rotatable bonds is 6. The lowest BCUT2D eigenvalue weighted by Gasteiger charge is -2.04. The Balaban J connectivity index is 1.83. The van der Waals surface area contributed by atoms with Crippen molar-refractivity contribution in [2.24, 2.45) is 5.16 Å². The molecule has 1 N–H and O–H groups in total. The summed E-state index contributed by atoms with van der Waals surface area (Å²) in [5.41, 5.74) is 0.996. The lowest BCUT2D eigenvalue weighted by Crippen LogP contribution is -2.16. The second kappa shape index (κ2) is 7.90. The lowest BCUT2D eigenvalue weighted by atomic mass is 10.2. The number of carbonyl (C=O) groups excluding carboxylic acids is 1. The van der Waals surface area contributed by atoms with E-state index in [1.54, 1.807) is 30.3 Å². The van der Waals surface area contributed by atoms with E-state index in [-0.39, 0.29) is 12.3 Å². The van der Waals surface area contributed by atoms with Gasteiger partial charge in [-0.3, -0.25) is 14.9 Å². The van der Waals surface area contributed by atoms with Gasteiger partial charge >= 0.3 is 0 Å². The van der Waals surface area contributed by atoms with E-state index in [1.807, 2.05) is 0 Å². The normalized spacial score (nSPS) is 10.5. The third-order valence-corrected chi connectivity index (χ3v) is 2.90. The van der Waals surface area contributed by atoms with Crippen LogP contribution in [-0.2, 0) is 9.63 Å². The lowest BCUT2D eigenvalue weighted by molar-refractivity contribution is -0.384. The third-order valence-electron chi connectivity index (χ3n) is 2.66. The molecule has 0 aliphatic rings. The molecule has 0 fully saturated rings. The van der Waals surface area contributed by atoms with Crippen LogP contribution in [0.1, 0.15) is 5.56 Å². The van der Waals surface area contributed by atoms with Crippen LogP contribution in [0, 0.1) is 10.1 Å². The van der Waals surface area contributed by atoms with Crippen molar-refractivity contribution in [3.63, 3.8) is 0 Å². The summed E-state index contributed by atoms with van der Waals surface area (Å²) in [5, 5.41) is 17.3. The Bertz CT molecular complexity index is 749. The molecule has 0 aromatic heterocycles. The maximum atomic E-state index is 11.6. The number of benzene rings is 2. The van der Waals surface area contributed by atoms with Gasteiger partial charge in [-0.1, -0.05) is 35.0 Å². The number of hydrogen-bond acceptors (Lipinski definition) is 5. The molecule has 0 saturated heterocycles. The van der Waals surface area contributed by atoms with Crippen molar-refractivity contribution in [3.05, 3.63) is 69.2 Å². The summed E-state index contributed by atoms with van der Waals surface area (Å²) in [7, 11) is 0. The summed E-state index contributed by atoms with van der Waals surface area (Å²) >= 11 is 5.80. The van der Waals surface area contributed by atoms with E-state index in [0.717, 1.165) is 0 Å². The highest BCUT2D eigenvalue weighted by Crippen LogP contribution is 2.14. The van der Waals surface area contributed by atoms with Gasteiger partial charge in [0.25, 0.3) is 11.6 Å². The van der Waals surface area contributed by atoms with Crippen molar-refractivity contribution in [2.75, 3.05) is 11.9 Å². The zero-order chi connectivity index (χ0) is 16.7. The van der Waals surface area contributed by atoms with Gasteiger partial charge in [0, 0.05) is 28.4 Å². The van der Waals surface area contributed by atoms with Crippen molar-refractivity contribution >= 4 is 35.1 Å². The molecule has 0 radical (unpaired) electrons. The molecule has 2 rings (SSSR count). The highest BCUT2D eigenvalue weighted by Gasteiger charge is 2.05. The fourth-order valence-corrected chi connectivity index (χ4v) is 1.87. The molecule has 0 aliphatic heterocycles. The molecule has 0 heterocycles. The largest absolute Gasteiger partial charge is 0.386 e. The van der Waals surface area contributed by atoms with Gasteiger partial charge in [0.05, 0.1) is 11.1 Å². The van der Waals surface area contributed by atoms with Crippen LogP contribution in [0.2, 0.25) is 5.02 Å². The van der Waals surface area contributed by atoms with Crippen molar-refractivity contribution in [3.8, 4) is 0 Å². The van der Waals surface area contributed by atoms with E-state index in [4.69, 9.17) is 16.4 Å². The fourth-order valence-electron chi connectivity index (χ4n) is 1.68. The molecule has 7 nitrogen and oxygen atoms in total. The number of non-ortho nitro benzene ring substituents is 1. The molecule has 0 unspecified atom stereocenters. The number of carbonyl (C=O) groups is 1. The smallest absolute Gasteiger partial charge is 0.270 e. The molecule has 1 amide bonds. The predicted octanol–water partition coefficient (Wildman–Crippen LogP) is 3.24. The summed E-state index contributed by atoms with van der Waals surface area (Å²) in [6.07, 6.45) is 1.29. The molecule has 2 aromatic rings. The first-order valence-corrected chi connectivity index (χ1v) is 6.87. The van der Waals surface area contributed by atoms with Crippen LogP contribution in [0.15, 0.2) is 53.7 Å². The summed E-state index contributed by atoms with van der Waals surface area (Å²) in [6, 6.07) is 12.6. The number of nitro benzene ring substituents is 1. The van der Waals surface area contributed by atoms with E-state index >= 15 is 0 Å². The number of nitro groups is 1. The highest BCUT2D eigenvalue weighted by molar-refractivity contribution is 6.30. The Labute approximate surface area is 136 Å². The SMILES string of the molecule is O=C(CO/N=C\c1cccc([N+](=O)[O-])c1)Nc1cccc(Cl)c1. The van der Waals surface area contributed by atoms with Crippen LogP contribution in [0.3, 0.4) is 0 Å². The number of halogens is 1. The van der Waals surface area contributed by atoms with Crippen molar-refractivity contribution in [2.45, 2.75) is 0 Å². The average molecular weight is 334 g/mol.